The smallest absolute Gasteiger partial charge is 0.358 e. The van der Waals surface area contributed by atoms with E-state index in [0.717, 1.165) is 10.4 Å². The fourth-order valence-electron chi connectivity index (χ4n) is 2.32. The molecule has 1 amide bonds. The normalized spacial score (nSPS) is 11.9. The van der Waals surface area contributed by atoms with Gasteiger partial charge in [-0.2, -0.15) is 4.68 Å². The summed E-state index contributed by atoms with van der Waals surface area (Å²) >= 11 is 1.47. The largest absolute Gasteiger partial charge is 0.389 e. The number of hydrogen-bond donors (Lipinski definition) is 1. The maximum Gasteiger partial charge on any atom is 0.389 e. The van der Waals surface area contributed by atoms with E-state index in [2.05, 4.69) is 10.4 Å². The highest BCUT2D eigenvalue weighted by molar-refractivity contribution is 7.10. The van der Waals surface area contributed by atoms with E-state index in [1.165, 1.54) is 40.4 Å². The number of thiophene rings is 1. The number of amides is 1. The minimum Gasteiger partial charge on any atom is -0.358 e. The Kier molecular flexibility index (Phi) is 4.85. The molecule has 1 aromatic carbocycles. The molecule has 2 heterocycles. The van der Waals surface area contributed by atoms with E-state index in [0.29, 0.717) is 0 Å². The van der Waals surface area contributed by atoms with Crippen molar-refractivity contribution in [2.75, 3.05) is 0 Å². The van der Waals surface area contributed by atoms with Gasteiger partial charge >= 0.3 is 5.82 Å². The second-order valence-electron chi connectivity index (χ2n) is 5.20. The molecule has 0 spiro atoms. The van der Waals surface area contributed by atoms with Gasteiger partial charge in [0.25, 0.3) is 0 Å². The zero-order valence-corrected chi connectivity index (χ0v) is 13.6. The highest BCUT2D eigenvalue weighted by atomic mass is 32.1. The molecular formula is C16H13FN4O3S. The number of aromatic nitrogens is 2. The molecule has 0 aliphatic rings. The summed E-state index contributed by atoms with van der Waals surface area (Å²) in [5, 5.41) is 19.1. The first-order valence-corrected chi connectivity index (χ1v) is 8.17. The molecule has 0 saturated carbocycles. The molecule has 1 unspecified atom stereocenters. The molecule has 1 atom stereocenters. The van der Waals surface area contributed by atoms with Crippen molar-refractivity contribution in [1.29, 1.82) is 0 Å². The lowest BCUT2D eigenvalue weighted by Gasteiger charge is -2.17. The maximum absolute atomic E-state index is 13.2. The van der Waals surface area contributed by atoms with Gasteiger partial charge in [-0.25, -0.2) is 4.39 Å². The SMILES string of the molecule is O=C(Cn1ccc([N+](=O)[O-])n1)NC(c1ccc(F)cc1)c1cccs1. The molecule has 1 N–H and O–H groups in total. The number of rotatable bonds is 6. The van der Waals surface area contributed by atoms with Crippen LogP contribution in [0.4, 0.5) is 10.2 Å². The molecule has 3 rings (SSSR count). The van der Waals surface area contributed by atoms with Crippen LogP contribution in [0.3, 0.4) is 0 Å². The third-order valence-corrected chi connectivity index (χ3v) is 4.39. The molecule has 9 heteroatoms. The van der Waals surface area contributed by atoms with Gasteiger partial charge in [0.05, 0.1) is 23.4 Å². The van der Waals surface area contributed by atoms with Crippen molar-refractivity contribution in [3.05, 3.63) is 80.4 Å². The summed E-state index contributed by atoms with van der Waals surface area (Å²) in [4.78, 5) is 23.2. The molecule has 0 saturated heterocycles. The van der Waals surface area contributed by atoms with E-state index in [1.807, 2.05) is 17.5 Å². The zero-order chi connectivity index (χ0) is 17.8. The highest BCUT2D eigenvalue weighted by Gasteiger charge is 2.20. The van der Waals surface area contributed by atoms with Crippen LogP contribution in [-0.4, -0.2) is 20.6 Å². The van der Waals surface area contributed by atoms with Crippen LogP contribution in [-0.2, 0) is 11.3 Å². The molecule has 3 aromatic rings. The summed E-state index contributed by atoms with van der Waals surface area (Å²) in [6.45, 7) is -0.156. The van der Waals surface area contributed by atoms with Crippen LogP contribution in [0, 0.1) is 15.9 Å². The molecular weight excluding hydrogens is 347 g/mol. The second-order valence-corrected chi connectivity index (χ2v) is 6.18. The molecule has 25 heavy (non-hydrogen) atoms. The van der Waals surface area contributed by atoms with Gasteiger partial charge in [-0.3, -0.25) is 4.79 Å². The van der Waals surface area contributed by atoms with Crippen molar-refractivity contribution in [3.63, 3.8) is 0 Å². The summed E-state index contributed by atoms with van der Waals surface area (Å²) in [6.07, 6.45) is 1.37. The Labute approximate surface area is 145 Å². The topological polar surface area (TPSA) is 90.1 Å². The molecule has 128 valence electrons. The predicted octanol–water partition coefficient (Wildman–Crippen LogP) is 2.90. The van der Waals surface area contributed by atoms with Gasteiger partial charge in [0.15, 0.2) is 0 Å². The molecule has 7 nitrogen and oxygen atoms in total. The Morgan fingerprint density at radius 3 is 2.68 bits per heavy atom. The Hall–Kier alpha value is -3.07. The highest BCUT2D eigenvalue weighted by Crippen LogP contribution is 2.26. The number of halogens is 1. The van der Waals surface area contributed by atoms with Gasteiger partial charge < -0.3 is 15.4 Å². The van der Waals surface area contributed by atoms with E-state index in [1.54, 1.807) is 12.1 Å². The van der Waals surface area contributed by atoms with Gasteiger partial charge in [-0.1, -0.05) is 18.2 Å². The first-order chi connectivity index (χ1) is 12.0. The molecule has 0 bridgehead atoms. The van der Waals surface area contributed by atoms with E-state index in [-0.39, 0.29) is 24.1 Å². The Morgan fingerprint density at radius 2 is 2.08 bits per heavy atom. The Balaban J connectivity index is 1.76. The number of nitro groups is 1. The predicted molar refractivity (Wildman–Crippen MR) is 89.6 cm³/mol. The molecule has 0 aliphatic heterocycles. The summed E-state index contributed by atoms with van der Waals surface area (Å²) in [5.41, 5.74) is 0.739. The van der Waals surface area contributed by atoms with Crippen LogP contribution in [0.15, 0.2) is 54.0 Å². The number of nitrogens with zero attached hydrogens (tertiary/aromatic N) is 3. The first-order valence-electron chi connectivity index (χ1n) is 7.29. The van der Waals surface area contributed by atoms with Gasteiger partial charge in [0.1, 0.15) is 12.4 Å². The van der Waals surface area contributed by atoms with Crippen molar-refractivity contribution < 1.29 is 14.1 Å². The van der Waals surface area contributed by atoms with Crippen LogP contribution in [0.1, 0.15) is 16.5 Å². The maximum atomic E-state index is 13.2. The lowest BCUT2D eigenvalue weighted by atomic mass is 10.1. The van der Waals surface area contributed by atoms with Crippen LogP contribution >= 0.6 is 11.3 Å². The lowest BCUT2D eigenvalue weighted by molar-refractivity contribution is -0.389. The number of hydrogen-bond acceptors (Lipinski definition) is 5. The summed E-state index contributed by atoms with van der Waals surface area (Å²) < 4.78 is 14.4. The lowest BCUT2D eigenvalue weighted by Crippen LogP contribution is -2.32. The van der Waals surface area contributed by atoms with E-state index in [9.17, 15) is 19.3 Å². The van der Waals surface area contributed by atoms with Crippen molar-refractivity contribution in [1.82, 2.24) is 15.1 Å². The monoisotopic (exact) mass is 360 g/mol. The van der Waals surface area contributed by atoms with E-state index < -0.39 is 11.0 Å². The molecule has 0 radical (unpaired) electrons. The number of benzene rings is 1. The average Bonchev–Trinajstić information content (AvgIpc) is 3.25. The van der Waals surface area contributed by atoms with Crippen LogP contribution < -0.4 is 5.32 Å². The van der Waals surface area contributed by atoms with Crippen molar-refractivity contribution in [3.8, 4) is 0 Å². The van der Waals surface area contributed by atoms with E-state index in [4.69, 9.17) is 0 Å². The molecule has 0 aliphatic carbocycles. The van der Waals surface area contributed by atoms with Crippen molar-refractivity contribution in [2.45, 2.75) is 12.6 Å². The van der Waals surface area contributed by atoms with Crippen LogP contribution in [0.2, 0.25) is 0 Å². The van der Waals surface area contributed by atoms with Crippen LogP contribution in [0.25, 0.3) is 0 Å². The van der Waals surface area contributed by atoms with Crippen molar-refractivity contribution in [2.24, 2.45) is 0 Å². The Bertz CT molecular complexity index is 877. The third-order valence-electron chi connectivity index (χ3n) is 3.46. The Morgan fingerprint density at radius 1 is 1.32 bits per heavy atom. The van der Waals surface area contributed by atoms with Gasteiger partial charge in [0.2, 0.25) is 5.91 Å². The fourth-order valence-corrected chi connectivity index (χ4v) is 3.12. The molecule has 0 fully saturated rings. The minimum atomic E-state index is -0.624. The van der Waals surface area contributed by atoms with Gasteiger partial charge in [-0.05, 0) is 34.1 Å². The summed E-state index contributed by atoms with van der Waals surface area (Å²) in [7, 11) is 0. The zero-order valence-electron chi connectivity index (χ0n) is 12.8. The average molecular weight is 360 g/mol. The quantitative estimate of drug-likeness (QED) is 0.541. The first kappa shape index (κ1) is 16.8. The van der Waals surface area contributed by atoms with E-state index >= 15 is 0 Å². The molecule has 2 aromatic heterocycles. The number of carbonyl (C=O) groups excluding carboxylic acids is 1. The third kappa shape index (κ3) is 4.07. The summed E-state index contributed by atoms with van der Waals surface area (Å²) in [6, 6.07) is 10.4. The number of carbonyl (C=O) groups is 1. The van der Waals surface area contributed by atoms with Gasteiger partial charge in [0, 0.05) is 4.88 Å². The summed E-state index contributed by atoms with van der Waals surface area (Å²) in [5.74, 6) is -1.04. The van der Waals surface area contributed by atoms with Gasteiger partial charge in [-0.15, -0.1) is 11.3 Å². The number of nitrogens with one attached hydrogen (secondary N) is 1. The van der Waals surface area contributed by atoms with Crippen LogP contribution in [0.5, 0.6) is 0 Å². The standard InChI is InChI=1S/C16H13FN4O3S/c17-12-5-3-11(4-6-12)16(13-2-1-9-25-13)18-15(22)10-20-8-7-14(19-20)21(23)24/h1-9,16H,10H2,(H,18,22). The van der Waals surface area contributed by atoms with Crippen molar-refractivity contribution >= 4 is 23.1 Å². The second kappa shape index (κ2) is 7.22. The minimum absolute atomic E-state index is 0.156. The fraction of sp³-hybridized carbons (Fsp3) is 0.125.